The number of rotatable bonds is 5. The van der Waals surface area contributed by atoms with Crippen LogP contribution in [0.4, 0.5) is 0 Å². The second kappa shape index (κ2) is 6.22. The van der Waals surface area contributed by atoms with Crippen molar-refractivity contribution in [3.63, 3.8) is 0 Å². The lowest BCUT2D eigenvalue weighted by atomic mass is 10.2. The summed E-state index contributed by atoms with van der Waals surface area (Å²) in [5, 5.41) is 0.913. The van der Waals surface area contributed by atoms with Crippen molar-refractivity contribution in [3.8, 4) is 11.6 Å². The lowest BCUT2D eigenvalue weighted by Crippen LogP contribution is -2.10. The van der Waals surface area contributed by atoms with Crippen LogP contribution in [-0.4, -0.2) is 23.2 Å². The van der Waals surface area contributed by atoms with E-state index in [0.717, 1.165) is 22.2 Å². The molecular formula is C17H16N2O2. The number of para-hydroxylation sites is 2. The van der Waals surface area contributed by atoms with Crippen LogP contribution in [0.3, 0.4) is 0 Å². The van der Waals surface area contributed by atoms with Gasteiger partial charge in [-0.25, -0.2) is 9.97 Å². The molecule has 106 valence electrons. The van der Waals surface area contributed by atoms with Crippen molar-refractivity contribution >= 4 is 10.9 Å². The number of aryl methyl sites for hydroxylation is 1. The second-order valence-corrected chi connectivity index (χ2v) is 4.66. The minimum atomic E-state index is 0.440. The van der Waals surface area contributed by atoms with Crippen molar-refractivity contribution in [1.29, 1.82) is 0 Å². The molecule has 1 heterocycles. The predicted molar refractivity (Wildman–Crippen MR) is 81.7 cm³/mol. The first kappa shape index (κ1) is 13.4. The molecule has 21 heavy (non-hydrogen) atoms. The molecule has 0 bridgehead atoms. The van der Waals surface area contributed by atoms with Gasteiger partial charge < -0.3 is 9.47 Å². The van der Waals surface area contributed by atoms with Crippen molar-refractivity contribution in [1.82, 2.24) is 9.97 Å². The van der Waals surface area contributed by atoms with Crippen LogP contribution in [0.15, 0.2) is 54.9 Å². The Balaban J connectivity index is 1.61. The fourth-order valence-electron chi connectivity index (χ4n) is 2.10. The van der Waals surface area contributed by atoms with Gasteiger partial charge in [-0.2, -0.15) is 0 Å². The number of hydrogen-bond acceptors (Lipinski definition) is 4. The van der Waals surface area contributed by atoms with Gasteiger partial charge >= 0.3 is 0 Å². The first-order valence-corrected chi connectivity index (χ1v) is 6.85. The Morgan fingerprint density at radius 3 is 2.52 bits per heavy atom. The smallest absolute Gasteiger partial charge is 0.224 e. The van der Waals surface area contributed by atoms with Crippen LogP contribution in [0, 0.1) is 6.92 Å². The van der Waals surface area contributed by atoms with Gasteiger partial charge in [0.25, 0.3) is 0 Å². The summed E-state index contributed by atoms with van der Waals surface area (Å²) in [6.07, 6.45) is 1.51. The molecule has 0 amide bonds. The zero-order chi connectivity index (χ0) is 14.5. The third-order valence-electron chi connectivity index (χ3n) is 3.18. The van der Waals surface area contributed by atoms with E-state index in [1.165, 1.54) is 6.33 Å². The zero-order valence-electron chi connectivity index (χ0n) is 11.8. The molecule has 4 heteroatoms. The highest BCUT2D eigenvalue weighted by Gasteiger charge is 2.04. The summed E-state index contributed by atoms with van der Waals surface area (Å²) >= 11 is 0. The Morgan fingerprint density at radius 1 is 0.857 bits per heavy atom. The minimum Gasteiger partial charge on any atom is -0.490 e. The average molecular weight is 280 g/mol. The van der Waals surface area contributed by atoms with E-state index in [0.29, 0.717) is 19.1 Å². The van der Waals surface area contributed by atoms with Crippen LogP contribution in [0.5, 0.6) is 11.6 Å². The molecule has 0 N–H and O–H groups in total. The molecule has 0 saturated heterocycles. The van der Waals surface area contributed by atoms with Gasteiger partial charge in [0.15, 0.2) is 0 Å². The molecule has 0 spiro atoms. The summed E-state index contributed by atoms with van der Waals surface area (Å²) in [7, 11) is 0. The van der Waals surface area contributed by atoms with Gasteiger partial charge in [-0.15, -0.1) is 0 Å². The van der Waals surface area contributed by atoms with Crippen LogP contribution in [0.25, 0.3) is 10.9 Å². The lowest BCUT2D eigenvalue weighted by molar-refractivity contribution is 0.213. The number of nitrogens with zero attached hydrogens (tertiary/aromatic N) is 2. The van der Waals surface area contributed by atoms with E-state index < -0.39 is 0 Å². The van der Waals surface area contributed by atoms with Crippen molar-refractivity contribution in [2.45, 2.75) is 6.92 Å². The zero-order valence-corrected chi connectivity index (χ0v) is 11.8. The second-order valence-electron chi connectivity index (χ2n) is 4.66. The molecule has 0 aliphatic heterocycles. The first-order valence-electron chi connectivity index (χ1n) is 6.85. The summed E-state index contributed by atoms with van der Waals surface area (Å²) < 4.78 is 11.4. The van der Waals surface area contributed by atoms with Crippen LogP contribution in [0.1, 0.15) is 5.56 Å². The monoisotopic (exact) mass is 280 g/mol. The van der Waals surface area contributed by atoms with Gasteiger partial charge in [0, 0.05) is 0 Å². The molecule has 1 aromatic heterocycles. The number of aromatic nitrogens is 2. The molecule has 0 aliphatic rings. The van der Waals surface area contributed by atoms with Crippen LogP contribution >= 0.6 is 0 Å². The van der Waals surface area contributed by atoms with Gasteiger partial charge in [-0.05, 0) is 30.7 Å². The molecule has 3 aromatic rings. The third-order valence-corrected chi connectivity index (χ3v) is 3.18. The number of fused-ring (bicyclic) bond motifs is 1. The Morgan fingerprint density at radius 2 is 1.62 bits per heavy atom. The van der Waals surface area contributed by atoms with E-state index in [1.807, 2.05) is 55.5 Å². The Hall–Kier alpha value is -2.62. The van der Waals surface area contributed by atoms with Gasteiger partial charge in [-0.1, -0.05) is 30.3 Å². The van der Waals surface area contributed by atoms with Crippen LogP contribution < -0.4 is 9.47 Å². The molecule has 0 fully saturated rings. The van der Waals surface area contributed by atoms with E-state index in [1.54, 1.807) is 0 Å². The first-order chi connectivity index (χ1) is 10.3. The average Bonchev–Trinajstić information content (AvgIpc) is 2.53. The summed E-state index contributed by atoms with van der Waals surface area (Å²) in [6.45, 7) is 2.94. The largest absolute Gasteiger partial charge is 0.490 e. The van der Waals surface area contributed by atoms with E-state index in [9.17, 15) is 0 Å². The maximum atomic E-state index is 5.70. The van der Waals surface area contributed by atoms with Gasteiger partial charge in [0.2, 0.25) is 5.88 Å². The molecule has 0 atom stereocenters. The Kier molecular flexibility index (Phi) is 3.96. The maximum absolute atomic E-state index is 5.70. The van der Waals surface area contributed by atoms with Crippen LogP contribution in [0.2, 0.25) is 0 Å². The van der Waals surface area contributed by atoms with E-state index >= 15 is 0 Å². The standard InChI is InChI=1S/C17H16N2O2/c1-13-6-2-5-9-16(13)20-10-11-21-17-14-7-3-4-8-15(14)18-12-19-17/h2-9,12H,10-11H2,1H3. The molecule has 3 rings (SSSR count). The highest BCUT2D eigenvalue weighted by molar-refractivity contribution is 5.82. The van der Waals surface area contributed by atoms with E-state index in [-0.39, 0.29) is 0 Å². The van der Waals surface area contributed by atoms with Crippen molar-refractivity contribution < 1.29 is 9.47 Å². The molecule has 0 aliphatic carbocycles. The van der Waals surface area contributed by atoms with Gasteiger partial charge in [-0.3, -0.25) is 0 Å². The molecule has 4 nitrogen and oxygen atoms in total. The lowest BCUT2D eigenvalue weighted by Gasteiger charge is -2.10. The normalized spacial score (nSPS) is 10.5. The highest BCUT2D eigenvalue weighted by Crippen LogP contribution is 2.20. The third kappa shape index (κ3) is 3.11. The van der Waals surface area contributed by atoms with Crippen molar-refractivity contribution in [2.75, 3.05) is 13.2 Å². The molecule has 0 saturated carbocycles. The fourth-order valence-corrected chi connectivity index (χ4v) is 2.10. The maximum Gasteiger partial charge on any atom is 0.224 e. The van der Waals surface area contributed by atoms with E-state index in [2.05, 4.69) is 9.97 Å². The SMILES string of the molecule is Cc1ccccc1OCCOc1ncnc2ccccc12. The molecule has 2 aromatic carbocycles. The van der Waals surface area contributed by atoms with Gasteiger partial charge in [0.1, 0.15) is 25.3 Å². The van der Waals surface area contributed by atoms with Crippen LogP contribution in [-0.2, 0) is 0 Å². The van der Waals surface area contributed by atoms with E-state index in [4.69, 9.17) is 9.47 Å². The molecule has 0 unspecified atom stereocenters. The summed E-state index contributed by atoms with van der Waals surface area (Å²) in [6, 6.07) is 15.7. The molecular weight excluding hydrogens is 264 g/mol. The van der Waals surface area contributed by atoms with Crippen molar-refractivity contribution in [3.05, 3.63) is 60.4 Å². The van der Waals surface area contributed by atoms with Crippen molar-refractivity contribution in [2.24, 2.45) is 0 Å². The fraction of sp³-hybridized carbons (Fsp3) is 0.176. The quantitative estimate of drug-likeness (QED) is 0.672. The topological polar surface area (TPSA) is 44.2 Å². The van der Waals surface area contributed by atoms with Gasteiger partial charge in [0.05, 0.1) is 10.9 Å². The summed E-state index contributed by atoms with van der Waals surface area (Å²) in [5.74, 6) is 1.47. The number of hydrogen-bond donors (Lipinski definition) is 0. The Bertz CT molecular complexity index is 738. The number of ether oxygens (including phenoxy) is 2. The molecule has 0 radical (unpaired) electrons. The summed E-state index contributed by atoms with van der Waals surface area (Å²) in [5.41, 5.74) is 1.99. The highest BCUT2D eigenvalue weighted by atomic mass is 16.5. The summed E-state index contributed by atoms with van der Waals surface area (Å²) in [4.78, 5) is 8.39. The Labute approximate surface area is 123 Å². The minimum absolute atomic E-state index is 0.440. The number of benzene rings is 2. The predicted octanol–water partition coefficient (Wildman–Crippen LogP) is 3.40.